The molecule has 0 aliphatic rings. The van der Waals surface area contributed by atoms with E-state index in [-0.39, 0.29) is 11.9 Å². The molecule has 0 bridgehead atoms. The Kier molecular flexibility index (Phi) is 5.23. The Bertz CT molecular complexity index is 646. The molecule has 0 atom stereocenters. The number of furan rings is 1. The van der Waals surface area contributed by atoms with Gasteiger partial charge in [0.2, 0.25) is 11.0 Å². The van der Waals surface area contributed by atoms with Crippen molar-refractivity contribution in [3.63, 3.8) is 0 Å². The predicted octanol–water partition coefficient (Wildman–Crippen LogP) is 1.29. The van der Waals surface area contributed by atoms with Crippen LogP contribution in [0.2, 0.25) is 0 Å². The third-order valence-corrected chi connectivity index (χ3v) is 3.65. The van der Waals surface area contributed by atoms with Gasteiger partial charge in [0, 0.05) is 5.38 Å². The van der Waals surface area contributed by atoms with Crippen LogP contribution in [0.3, 0.4) is 0 Å². The van der Waals surface area contributed by atoms with Gasteiger partial charge in [-0.05, 0) is 18.4 Å². The van der Waals surface area contributed by atoms with Crippen molar-refractivity contribution in [1.82, 2.24) is 10.3 Å². The highest BCUT2D eigenvalue weighted by Gasteiger charge is 2.10. The average molecular weight is 325 g/mol. The van der Waals surface area contributed by atoms with Gasteiger partial charge in [-0.15, -0.1) is 11.3 Å². The van der Waals surface area contributed by atoms with Crippen LogP contribution in [-0.4, -0.2) is 28.9 Å². The zero-order valence-corrected chi connectivity index (χ0v) is 13.0. The Morgan fingerprint density at radius 1 is 1.52 bits per heavy atom. The van der Waals surface area contributed by atoms with Crippen LogP contribution in [-0.2, 0) is 11.3 Å². The minimum Gasteiger partial charge on any atom is -0.458 e. The van der Waals surface area contributed by atoms with Crippen molar-refractivity contribution in [2.24, 2.45) is 16.5 Å². The summed E-state index contributed by atoms with van der Waals surface area (Å²) in [5.41, 5.74) is 11.3. The van der Waals surface area contributed by atoms with Gasteiger partial charge < -0.3 is 21.2 Å². The van der Waals surface area contributed by atoms with Gasteiger partial charge in [0.05, 0.1) is 12.3 Å². The van der Waals surface area contributed by atoms with Crippen LogP contribution in [0.5, 0.6) is 0 Å². The molecule has 1 amide bonds. The van der Waals surface area contributed by atoms with Crippen molar-refractivity contribution in [1.29, 1.82) is 0 Å². The summed E-state index contributed by atoms with van der Waals surface area (Å²) in [6.07, 6.45) is 1.88. The minimum atomic E-state index is -0.0347. The smallest absolute Gasteiger partial charge is 0.230 e. The van der Waals surface area contributed by atoms with E-state index in [2.05, 4.69) is 15.3 Å². The number of hydrogen-bond donors (Lipinski definition) is 3. The van der Waals surface area contributed by atoms with Crippen molar-refractivity contribution in [3.05, 3.63) is 23.3 Å². The minimum absolute atomic E-state index is 0.0239. The van der Waals surface area contributed by atoms with Crippen LogP contribution in [0, 0.1) is 0 Å². The third kappa shape index (κ3) is 4.50. The lowest BCUT2D eigenvalue weighted by atomic mass is 10.3. The van der Waals surface area contributed by atoms with E-state index >= 15 is 0 Å². The second-order valence-electron chi connectivity index (χ2n) is 4.03. The number of hydrogen-bond acceptors (Lipinski definition) is 6. The number of carbonyl (C=O) groups excluding carboxylic acids is 1. The maximum absolute atomic E-state index is 11.4. The van der Waals surface area contributed by atoms with Crippen molar-refractivity contribution in [2.45, 2.75) is 6.54 Å². The van der Waals surface area contributed by atoms with E-state index in [1.165, 1.54) is 23.1 Å². The Morgan fingerprint density at radius 3 is 3.05 bits per heavy atom. The molecule has 2 rings (SSSR count). The standard InChI is InChI=1S/C12H15N5O2S2/c1-20-6-10(18)15-4-7-2-3-9(19-7)8-5-21-12(16-8)17-11(13)14/h2-3,5H,4,6H2,1H3,(H,15,18)(H4,13,14,16,17). The SMILES string of the molecule is CSCC(=O)NCc1ccc(-c2csc(N=C(N)N)n2)o1. The molecule has 0 saturated carbocycles. The third-order valence-electron chi connectivity index (χ3n) is 2.37. The normalized spacial score (nSPS) is 10.3. The van der Waals surface area contributed by atoms with E-state index in [0.717, 1.165) is 0 Å². The molecule has 21 heavy (non-hydrogen) atoms. The number of thioether (sulfide) groups is 1. The van der Waals surface area contributed by atoms with E-state index in [0.29, 0.717) is 34.6 Å². The molecule has 0 saturated heterocycles. The van der Waals surface area contributed by atoms with Crippen LogP contribution in [0.4, 0.5) is 5.13 Å². The van der Waals surface area contributed by atoms with Crippen LogP contribution in [0.15, 0.2) is 26.9 Å². The van der Waals surface area contributed by atoms with Crippen molar-refractivity contribution in [2.75, 3.05) is 12.0 Å². The first-order chi connectivity index (χ1) is 10.1. The molecule has 0 spiro atoms. The molecule has 5 N–H and O–H groups in total. The molecule has 2 aromatic rings. The molecular weight excluding hydrogens is 310 g/mol. The van der Waals surface area contributed by atoms with E-state index in [4.69, 9.17) is 15.9 Å². The Hall–Kier alpha value is -2.00. The molecule has 112 valence electrons. The highest BCUT2D eigenvalue weighted by Crippen LogP contribution is 2.27. The van der Waals surface area contributed by atoms with Crippen LogP contribution in [0.25, 0.3) is 11.5 Å². The molecule has 2 heterocycles. The van der Waals surface area contributed by atoms with Crippen molar-refractivity contribution >= 4 is 40.1 Å². The maximum Gasteiger partial charge on any atom is 0.230 e. The van der Waals surface area contributed by atoms with E-state index < -0.39 is 0 Å². The van der Waals surface area contributed by atoms with Crippen molar-refractivity contribution in [3.8, 4) is 11.5 Å². The van der Waals surface area contributed by atoms with Crippen molar-refractivity contribution < 1.29 is 9.21 Å². The summed E-state index contributed by atoms with van der Waals surface area (Å²) in [7, 11) is 0. The van der Waals surface area contributed by atoms with Crippen LogP contribution in [0.1, 0.15) is 5.76 Å². The molecule has 0 unspecified atom stereocenters. The quantitative estimate of drug-likeness (QED) is 0.544. The monoisotopic (exact) mass is 325 g/mol. The van der Waals surface area contributed by atoms with Gasteiger partial charge in [-0.25, -0.2) is 4.98 Å². The zero-order chi connectivity index (χ0) is 15.2. The highest BCUT2D eigenvalue weighted by molar-refractivity contribution is 7.99. The van der Waals surface area contributed by atoms with E-state index in [1.807, 2.05) is 6.26 Å². The lowest BCUT2D eigenvalue weighted by Gasteiger charge is -2.00. The number of amides is 1. The summed E-state index contributed by atoms with van der Waals surface area (Å²) in [4.78, 5) is 19.5. The molecular formula is C12H15N5O2S2. The Morgan fingerprint density at radius 2 is 2.33 bits per heavy atom. The van der Waals surface area contributed by atoms with Crippen LogP contribution >= 0.6 is 23.1 Å². The Labute approximate surface area is 129 Å². The zero-order valence-electron chi connectivity index (χ0n) is 11.3. The van der Waals surface area contributed by atoms with Gasteiger partial charge >= 0.3 is 0 Å². The largest absolute Gasteiger partial charge is 0.458 e. The van der Waals surface area contributed by atoms with Gasteiger partial charge in [-0.1, -0.05) is 0 Å². The average Bonchev–Trinajstić information content (AvgIpc) is 3.04. The lowest BCUT2D eigenvalue weighted by molar-refractivity contribution is -0.118. The first kappa shape index (κ1) is 15.4. The predicted molar refractivity (Wildman–Crippen MR) is 85.5 cm³/mol. The van der Waals surface area contributed by atoms with Gasteiger partial charge in [0.25, 0.3) is 0 Å². The number of thiazole rings is 1. The number of carbonyl (C=O) groups is 1. The molecule has 0 aromatic carbocycles. The summed E-state index contributed by atoms with van der Waals surface area (Å²) < 4.78 is 5.63. The van der Waals surface area contributed by atoms with E-state index in [1.54, 1.807) is 17.5 Å². The molecule has 9 heteroatoms. The summed E-state index contributed by atoms with van der Waals surface area (Å²) in [6.45, 7) is 0.351. The summed E-state index contributed by atoms with van der Waals surface area (Å²) in [5.74, 6) is 1.64. The highest BCUT2D eigenvalue weighted by atomic mass is 32.2. The van der Waals surface area contributed by atoms with Gasteiger partial charge in [0.1, 0.15) is 11.5 Å². The molecule has 0 aliphatic carbocycles. The first-order valence-corrected chi connectivity index (χ1v) is 8.25. The Balaban J connectivity index is 2.01. The fourth-order valence-electron chi connectivity index (χ4n) is 1.52. The number of guanidine groups is 1. The first-order valence-electron chi connectivity index (χ1n) is 5.98. The summed E-state index contributed by atoms with van der Waals surface area (Å²) in [5, 5.41) is 5.04. The van der Waals surface area contributed by atoms with E-state index in [9.17, 15) is 4.79 Å². The van der Waals surface area contributed by atoms with Gasteiger partial charge in [-0.2, -0.15) is 16.8 Å². The number of aromatic nitrogens is 1. The second kappa shape index (κ2) is 7.14. The fraction of sp³-hybridized carbons (Fsp3) is 0.250. The summed E-state index contributed by atoms with van der Waals surface area (Å²) >= 11 is 2.79. The second-order valence-corrected chi connectivity index (χ2v) is 5.73. The fourth-order valence-corrected chi connectivity index (χ4v) is 2.58. The van der Waals surface area contributed by atoms with Gasteiger partial charge in [0.15, 0.2) is 11.7 Å². The number of nitrogens with zero attached hydrogens (tertiary/aromatic N) is 2. The van der Waals surface area contributed by atoms with Gasteiger partial charge in [-0.3, -0.25) is 4.79 Å². The van der Waals surface area contributed by atoms with Crippen LogP contribution < -0.4 is 16.8 Å². The maximum atomic E-state index is 11.4. The lowest BCUT2D eigenvalue weighted by Crippen LogP contribution is -2.24. The topological polar surface area (TPSA) is 120 Å². The molecule has 0 fully saturated rings. The summed E-state index contributed by atoms with van der Waals surface area (Å²) in [6, 6.07) is 3.60. The molecule has 0 radical (unpaired) electrons. The molecule has 2 aromatic heterocycles. The number of nitrogens with one attached hydrogen (secondary N) is 1. The number of nitrogens with two attached hydrogens (primary N) is 2. The number of aliphatic imine (C=N–C) groups is 1. The number of rotatable bonds is 6. The molecule has 7 nitrogen and oxygen atoms in total. The molecule has 0 aliphatic heterocycles.